The summed E-state index contributed by atoms with van der Waals surface area (Å²) in [6, 6.07) is 3.88. The standard InChI is InChI=1S/C15H19N3OS.2ClH/c1-2-13(19-7-1)14-17-12(9-20-14)8-18-6-4-15(11-18)3-5-16-10-15;;/h1-2,7,9,16H,3-6,8,10-11H2;2*1H. The minimum atomic E-state index is 0. The summed E-state index contributed by atoms with van der Waals surface area (Å²) in [6.45, 7) is 5.77. The normalized spacial score (nSPS) is 24.4. The van der Waals surface area contributed by atoms with E-state index in [9.17, 15) is 0 Å². The molecule has 4 nitrogen and oxygen atoms in total. The minimum absolute atomic E-state index is 0. The lowest BCUT2D eigenvalue weighted by Gasteiger charge is -2.22. The smallest absolute Gasteiger partial charge is 0.162 e. The SMILES string of the molecule is Cl.Cl.c1coc(-c2nc(CN3CCC4(CCNC4)C3)cs2)c1. The van der Waals surface area contributed by atoms with Crippen molar-refractivity contribution >= 4 is 36.2 Å². The number of nitrogens with one attached hydrogen (secondary N) is 1. The van der Waals surface area contributed by atoms with Crippen LogP contribution >= 0.6 is 36.2 Å². The summed E-state index contributed by atoms with van der Waals surface area (Å²) in [5, 5.41) is 6.66. The predicted molar refractivity (Wildman–Crippen MR) is 94.1 cm³/mol. The van der Waals surface area contributed by atoms with Gasteiger partial charge < -0.3 is 9.73 Å². The summed E-state index contributed by atoms with van der Waals surface area (Å²) >= 11 is 1.67. The number of likely N-dealkylation sites (tertiary alicyclic amines) is 1. The van der Waals surface area contributed by atoms with E-state index in [0.29, 0.717) is 5.41 Å². The number of nitrogens with zero attached hydrogens (tertiary/aromatic N) is 2. The lowest BCUT2D eigenvalue weighted by Crippen LogP contribution is -2.29. The Labute approximate surface area is 147 Å². The van der Waals surface area contributed by atoms with Crippen molar-refractivity contribution in [1.82, 2.24) is 15.2 Å². The minimum Gasteiger partial charge on any atom is -0.462 e. The van der Waals surface area contributed by atoms with Crippen LogP contribution in [0, 0.1) is 5.41 Å². The van der Waals surface area contributed by atoms with Crippen LogP contribution in [0.5, 0.6) is 0 Å². The molecule has 2 saturated heterocycles. The predicted octanol–water partition coefficient (Wildman–Crippen LogP) is 3.43. The molecule has 1 atom stereocenters. The van der Waals surface area contributed by atoms with Crippen molar-refractivity contribution in [1.29, 1.82) is 0 Å². The van der Waals surface area contributed by atoms with Crippen LogP contribution in [0.4, 0.5) is 0 Å². The first-order valence-electron chi connectivity index (χ1n) is 7.24. The highest BCUT2D eigenvalue weighted by Gasteiger charge is 2.40. The number of aromatic nitrogens is 1. The lowest BCUT2D eigenvalue weighted by atomic mass is 9.87. The summed E-state index contributed by atoms with van der Waals surface area (Å²) in [6.07, 6.45) is 4.36. The van der Waals surface area contributed by atoms with Gasteiger partial charge in [-0.2, -0.15) is 0 Å². The van der Waals surface area contributed by atoms with Crippen molar-refractivity contribution < 1.29 is 4.42 Å². The third-order valence-corrected chi connectivity index (χ3v) is 5.42. The van der Waals surface area contributed by atoms with Gasteiger partial charge in [-0.05, 0) is 43.5 Å². The van der Waals surface area contributed by atoms with Crippen molar-refractivity contribution in [3.63, 3.8) is 0 Å². The molecule has 0 amide bonds. The van der Waals surface area contributed by atoms with Crippen LogP contribution in [0.15, 0.2) is 28.2 Å². The van der Waals surface area contributed by atoms with Gasteiger partial charge >= 0.3 is 0 Å². The Morgan fingerprint density at radius 1 is 1.36 bits per heavy atom. The fourth-order valence-electron chi connectivity index (χ4n) is 3.43. The number of rotatable bonds is 3. The zero-order chi connectivity index (χ0) is 13.4. The van der Waals surface area contributed by atoms with Gasteiger partial charge in [0.15, 0.2) is 10.8 Å². The van der Waals surface area contributed by atoms with Crippen LogP contribution in [0.1, 0.15) is 18.5 Å². The van der Waals surface area contributed by atoms with Crippen molar-refractivity contribution in [2.75, 3.05) is 26.2 Å². The molecule has 0 saturated carbocycles. The fraction of sp³-hybridized carbons (Fsp3) is 0.533. The van der Waals surface area contributed by atoms with E-state index in [4.69, 9.17) is 9.40 Å². The fourth-order valence-corrected chi connectivity index (χ4v) is 4.21. The summed E-state index contributed by atoms with van der Waals surface area (Å²) < 4.78 is 5.41. The molecule has 2 fully saturated rings. The molecule has 0 bridgehead atoms. The molecular formula is C15H21Cl2N3OS. The number of halogens is 2. The van der Waals surface area contributed by atoms with Gasteiger partial charge in [0.25, 0.3) is 0 Å². The molecule has 2 aliphatic rings. The molecule has 4 rings (SSSR count). The monoisotopic (exact) mass is 361 g/mol. The van der Waals surface area contributed by atoms with Crippen molar-refractivity contribution in [2.45, 2.75) is 19.4 Å². The molecule has 1 N–H and O–H groups in total. The molecule has 0 aromatic carbocycles. The van der Waals surface area contributed by atoms with Crippen molar-refractivity contribution in [3.05, 3.63) is 29.5 Å². The molecule has 1 unspecified atom stereocenters. The van der Waals surface area contributed by atoms with Crippen LogP contribution in [0.25, 0.3) is 10.8 Å². The van der Waals surface area contributed by atoms with Gasteiger partial charge in [-0.1, -0.05) is 0 Å². The van der Waals surface area contributed by atoms with E-state index < -0.39 is 0 Å². The van der Waals surface area contributed by atoms with Gasteiger partial charge in [-0.25, -0.2) is 4.98 Å². The first-order chi connectivity index (χ1) is 9.83. The largest absolute Gasteiger partial charge is 0.462 e. The van der Waals surface area contributed by atoms with E-state index in [1.54, 1.807) is 17.6 Å². The van der Waals surface area contributed by atoms with Gasteiger partial charge in [0.1, 0.15) is 0 Å². The first kappa shape index (κ1) is 17.8. The van der Waals surface area contributed by atoms with Gasteiger partial charge in [-0.3, -0.25) is 4.90 Å². The second kappa shape index (κ2) is 7.32. The Hall–Kier alpha value is -0.590. The second-order valence-electron chi connectivity index (χ2n) is 6.01. The highest BCUT2D eigenvalue weighted by atomic mass is 35.5. The van der Waals surface area contributed by atoms with Crippen molar-refractivity contribution in [2.24, 2.45) is 5.41 Å². The van der Waals surface area contributed by atoms with Crippen LogP contribution < -0.4 is 5.32 Å². The molecule has 22 heavy (non-hydrogen) atoms. The van der Waals surface area contributed by atoms with Crippen molar-refractivity contribution in [3.8, 4) is 10.8 Å². The van der Waals surface area contributed by atoms with Crippen LogP contribution in [0.2, 0.25) is 0 Å². The molecule has 2 aromatic heterocycles. The quantitative estimate of drug-likeness (QED) is 0.908. The van der Waals surface area contributed by atoms with Gasteiger partial charge in [0.05, 0.1) is 12.0 Å². The summed E-state index contributed by atoms with van der Waals surface area (Å²) in [4.78, 5) is 7.25. The van der Waals surface area contributed by atoms with E-state index in [-0.39, 0.29) is 24.8 Å². The van der Waals surface area contributed by atoms with Crippen LogP contribution in [-0.4, -0.2) is 36.1 Å². The molecule has 1 spiro atoms. The molecule has 122 valence electrons. The third-order valence-electron chi connectivity index (χ3n) is 4.52. The third kappa shape index (κ3) is 3.49. The molecule has 2 aliphatic heterocycles. The molecular weight excluding hydrogens is 341 g/mol. The molecule has 2 aromatic rings. The number of furan rings is 1. The molecule has 0 aliphatic carbocycles. The Balaban J connectivity index is 0.000000882. The zero-order valence-corrected chi connectivity index (χ0v) is 14.7. The Bertz CT molecular complexity index is 581. The maximum Gasteiger partial charge on any atom is 0.162 e. The average Bonchev–Trinajstić information content (AvgIpc) is 3.21. The molecule has 0 radical (unpaired) electrons. The summed E-state index contributed by atoms with van der Waals surface area (Å²) in [5.41, 5.74) is 1.71. The second-order valence-corrected chi connectivity index (χ2v) is 6.87. The molecule has 4 heterocycles. The van der Waals surface area contributed by atoms with Gasteiger partial charge in [0, 0.05) is 25.0 Å². The Morgan fingerprint density at radius 3 is 3.00 bits per heavy atom. The summed E-state index contributed by atoms with van der Waals surface area (Å²) in [5.74, 6) is 0.874. The maximum atomic E-state index is 5.41. The van der Waals surface area contributed by atoms with E-state index >= 15 is 0 Å². The van der Waals surface area contributed by atoms with E-state index in [1.807, 2.05) is 12.1 Å². The molecule has 7 heteroatoms. The first-order valence-corrected chi connectivity index (χ1v) is 8.12. The lowest BCUT2D eigenvalue weighted by molar-refractivity contribution is 0.267. The zero-order valence-electron chi connectivity index (χ0n) is 12.3. The van der Waals surface area contributed by atoms with Crippen LogP contribution in [-0.2, 0) is 6.54 Å². The topological polar surface area (TPSA) is 41.3 Å². The number of hydrogen-bond acceptors (Lipinski definition) is 5. The van der Waals surface area contributed by atoms with E-state index in [2.05, 4.69) is 15.6 Å². The maximum absolute atomic E-state index is 5.41. The highest BCUT2D eigenvalue weighted by Crippen LogP contribution is 2.36. The number of hydrogen-bond donors (Lipinski definition) is 1. The van der Waals surface area contributed by atoms with Gasteiger partial charge in [0.2, 0.25) is 0 Å². The summed E-state index contributed by atoms with van der Waals surface area (Å²) in [7, 11) is 0. The Morgan fingerprint density at radius 2 is 2.27 bits per heavy atom. The average molecular weight is 362 g/mol. The highest BCUT2D eigenvalue weighted by molar-refractivity contribution is 7.13. The van der Waals surface area contributed by atoms with E-state index in [1.165, 1.54) is 44.7 Å². The Kier molecular flexibility index (Phi) is 5.91. The van der Waals surface area contributed by atoms with E-state index in [0.717, 1.165) is 17.3 Å². The number of thiazole rings is 1. The van der Waals surface area contributed by atoms with Gasteiger partial charge in [-0.15, -0.1) is 36.2 Å². The van der Waals surface area contributed by atoms with Crippen LogP contribution in [0.3, 0.4) is 0 Å².